The molecule has 1 aliphatic heterocycles. The zero-order chi connectivity index (χ0) is 17.5. The van der Waals surface area contributed by atoms with Crippen molar-refractivity contribution in [3.8, 4) is 5.75 Å². The number of nitrogens with zero attached hydrogens (tertiary/aromatic N) is 5. The Morgan fingerprint density at radius 3 is 2.72 bits per heavy atom. The molecule has 2 aromatic rings. The molecule has 9 heteroatoms. The highest BCUT2D eigenvalue weighted by Gasteiger charge is 2.10. The van der Waals surface area contributed by atoms with Crippen LogP contribution in [0.15, 0.2) is 24.3 Å². The van der Waals surface area contributed by atoms with Gasteiger partial charge in [0.25, 0.3) is 0 Å². The third-order valence-corrected chi connectivity index (χ3v) is 3.76. The van der Waals surface area contributed by atoms with Gasteiger partial charge in [0.2, 0.25) is 5.91 Å². The van der Waals surface area contributed by atoms with E-state index in [0.29, 0.717) is 18.1 Å². The van der Waals surface area contributed by atoms with Crippen molar-refractivity contribution in [2.24, 2.45) is 0 Å². The predicted octanol–water partition coefficient (Wildman–Crippen LogP) is 0.331. The standard InChI is InChI=1S/C16H22N6O3/c1-13-18-20-22(19-13)12-16(23)17-14-2-4-15(5-3-14)25-11-8-21-6-9-24-10-7-21/h2-5H,6-12H2,1H3,(H,17,23). The highest BCUT2D eigenvalue weighted by atomic mass is 16.5. The van der Waals surface area contributed by atoms with Crippen LogP contribution in [0.3, 0.4) is 0 Å². The van der Waals surface area contributed by atoms with Gasteiger partial charge in [-0.3, -0.25) is 9.69 Å². The van der Waals surface area contributed by atoms with Gasteiger partial charge >= 0.3 is 0 Å². The molecule has 9 nitrogen and oxygen atoms in total. The van der Waals surface area contributed by atoms with Crippen LogP contribution >= 0.6 is 0 Å². The van der Waals surface area contributed by atoms with Crippen molar-refractivity contribution < 1.29 is 14.3 Å². The van der Waals surface area contributed by atoms with E-state index in [1.165, 1.54) is 4.80 Å². The molecule has 0 unspecified atom stereocenters. The van der Waals surface area contributed by atoms with Gasteiger partial charge in [-0.15, -0.1) is 10.2 Å². The average molecular weight is 346 g/mol. The molecule has 1 N–H and O–H groups in total. The van der Waals surface area contributed by atoms with Crippen LogP contribution < -0.4 is 10.1 Å². The van der Waals surface area contributed by atoms with Crippen molar-refractivity contribution in [2.75, 3.05) is 44.8 Å². The molecule has 0 radical (unpaired) electrons. The number of aromatic nitrogens is 4. The molecule has 1 fully saturated rings. The Hall–Kier alpha value is -2.52. The molecule has 0 bridgehead atoms. The van der Waals surface area contributed by atoms with Crippen LogP contribution in [0.25, 0.3) is 0 Å². The SMILES string of the molecule is Cc1nnn(CC(=O)Nc2ccc(OCCN3CCOCC3)cc2)n1. The lowest BCUT2D eigenvalue weighted by atomic mass is 10.3. The number of hydrogen-bond donors (Lipinski definition) is 1. The first kappa shape index (κ1) is 17.3. The first-order valence-corrected chi connectivity index (χ1v) is 8.26. The molecule has 0 saturated carbocycles. The summed E-state index contributed by atoms with van der Waals surface area (Å²) >= 11 is 0. The molecule has 1 saturated heterocycles. The molecule has 1 aliphatic rings. The second-order valence-corrected chi connectivity index (χ2v) is 5.74. The Morgan fingerprint density at radius 2 is 2.04 bits per heavy atom. The molecular weight excluding hydrogens is 324 g/mol. The van der Waals surface area contributed by atoms with E-state index in [-0.39, 0.29) is 12.5 Å². The van der Waals surface area contributed by atoms with Gasteiger partial charge in [-0.1, -0.05) is 0 Å². The minimum atomic E-state index is -0.210. The van der Waals surface area contributed by atoms with Crippen molar-refractivity contribution in [3.63, 3.8) is 0 Å². The van der Waals surface area contributed by atoms with Crippen molar-refractivity contribution >= 4 is 11.6 Å². The number of hydrogen-bond acceptors (Lipinski definition) is 7. The maximum Gasteiger partial charge on any atom is 0.248 e. The van der Waals surface area contributed by atoms with Crippen molar-refractivity contribution in [2.45, 2.75) is 13.5 Å². The average Bonchev–Trinajstić information content (AvgIpc) is 3.02. The molecule has 0 aliphatic carbocycles. The summed E-state index contributed by atoms with van der Waals surface area (Å²) in [5, 5.41) is 14.3. The van der Waals surface area contributed by atoms with E-state index in [0.717, 1.165) is 38.6 Å². The number of amides is 1. The second-order valence-electron chi connectivity index (χ2n) is 5.74. The van der Waals surface area contributed by atoms with Crippen LogP contribution in [0.4, 0.5) is 5.69 Å². The monoisotopic (exact) mass is 346 g/mol. The number of carbonyl (C=O) groups is 1. The summed E-state index contributed by atoms with van der Waals surface area (Å²) in [4.78, 5) is 15.5. The zero-order valence-corrected chi connectivity index (χ0v) is 14.2. The molecule has 1 aromatic heterocycles. The normalized spacial score (nSPS) is 15.1. The van der Waals surface area contributed by atoms with Gasteiger partial charge in [0.05, 0.1) is 13.2 Å². The second kappa shape index (κ2) is 8.54. The topological polar surface area (TPSA) is 94.4 Å². The number of benzene rings is 1. The predicted molar refractivity (Wildman–Crippen MR) is 90.4 cm³/mol. The number of rotatable bonds is 7. The van der Waals surface area contributed by atoms with E-state index >= 15 is 0 Å². The van der Waals surface area contributed by atoms with E-state index in [4.69, 9.17) is 9.47 Å². The quantitative estimate of drug-likeness (QED) is 0.772. The van der Waals surface area contributed by atoms with Crippen molar-refractivity contribution in [1.82, 2.24) is 25.1 Å². The highest BCUT2D eigenvalue weighted by molar-refractivity contribution is 5.90. The fraction of sp³-hybridized carbons (Fsp3) is 0.500. The summed E-state index contributed by atoms with van der Waals surface area (Å²) in [5.41, 5.74) is 0.697. The Balaban J connectivity index is 1.41. The molecule has 1 amide bonds. The zero-order valence-electron chi connectivity index (χ0n) is 14.2. The smallest absolute Gasteiger partial charge is 0.248 e. The van der Waals surface area contributed by atoms with E-state index in [1.807, 2.05) is 24.3 Å². The summed E-state index contributed by atoms with van der Waals surface area (Å²) in [6.45, 7) is 6.74. The summed E-state index contributed by atoms with van der Waals surface area (Å²) in [7, 11) is 0. The van der Waals surface area contributed by atoms with E-state index in [2.05, 4.69) is 25.6 Å². The fourth-order valence-corrected chi connectivity index (χ4v) is 2.47. The molecular formula is C16H22N6O3. The number of carbonyl (C=O) groups excluding carboxylic acids is 1. The fourth-order valence-electron chi connectivity index (χ4n) is 2.47. The number of anilines is 1. The van der Waals surface area contributed by atoms with Gasteiger partial charge in [-0.25, -0.2) is 0 Å². The van der Waals surface area contributed by atoms with Crippen molar-refractivity contribution in [3.05, 3.63) is 30.1 Å². The lowest BCUT2D eigenvalue weighted by Gasteiger charge is -2.26. The minimum Gasteiger partial charge on any atom is -0.492 e. The van der Waals surface area contributed by atoms with Gasteiger partial charge in [-0.2, -0.15) is 4.80 Å². The van der Waals surface area contributed by atoms with Crippen LogP contribution in [0, 0.1) is 6.92 Å². The van der Waals surface area contributed by atoms with E-state index in [9.17, 15) is 4.79 Å². The van der Waals surface area contributed by atoms with Gasteiger partial charge < -0.3 is 14.8 Å². The lowest BCUT2D eigenvalue weighted by Crippen LogP contribution is -2.38. The molecule has 0 spiro atoms. The summed E-state index contributed by atoms with van der Waals surface area (Å²) in [6, 6.07) is 7.30. The highest BCUT2D eigenvalue weighted by Crippen LogP contribution is 2.15. The Kier molecular flexibility index (Phi) is 5.91. The third-order valence-electron chi connectivity index (χ3n) is 3.76. The molecule has 0 atom stereocenters. The van der Waals surface area contributed by atoms with Gasteiger partial charge in [0.1, 0.15) is 18.9 Å². The first-order chi connectivity index (χ1) is 12.2. The molecule has 134 valence electrons. The van der Waals surface area contributed by atoms with E-state index < -0.39 is 0 Å². The summed E-state index contributed by atoms with van der Waals surface area (Å²) in [5.74, 6) is 1.10. The molecule has 3 rings (SSSR count). The largest absolute Gasteiger partial charge is 0.492 e. The number of tetrazole rings is 1. The van der Waals surface area contributed by atoms with E-state index in [1.54, 1.807) is 6.92 Å². The molecule has 2 heterocycles. The number of morpholine rings is 1. The van der Waals surface area contributed by atoms with Gasteiger partial charge in [0.15, 0.2) is 5.82 Å². The van der Waals surface area contributed by atoms with Crippen LogP contribution in [0.5, 0.6) is 5.75 Å². The van der Waals surface area contributed by atoms with Crippen LogP contribution in [0.2, 0.25) is 0 Å². The lowest BCUT2D eigenvalue weighted by molar-refractivity contribution is -0.117. The maximum absolute atomic E-state index is 11.9. The summed E-state index contributed by atoms with van der Waals surface area (Å²) < 4.78 is 11.1. The Labute approximate surface area is 145 Å². The molecule has 1 aromatic carbocycles. The first-order valence-electron chi connectivity index (χ1n) is 8.26. The maximum atomic E-state index is 11.9. The van der Waals surface area contributed by atoms with Gasteiger partial charge in [-0.05, 0) is 36.4 Å². The number of aryl methyl sites for hydroxylation is 1. The van der Waals surface area contributed by atoms with Gasteiger partial charge in [0, 0.05) is 25.3 Å². The Bertz CT molecular complexity index is 681. The van der Waals surface area contributed by atoms with Crippen molar-refractivity contribution in [1.29, 1.82) is 0 Å². The van der Waals surface area contributed by atoms with Crippen LogP contribution in [-0.2, 0) is 16.1 Å². The summed E-state index contributed by atoms with van der Waals surface area (Å²) in [6.07, 6.45) is 0. The third kappa shape index (κ3) is 5.50. The molecule has 25 heavy (non-hydrogen) atoms. The van der Waals surface area contributed by atoms with Crippen LogP contribution in [-0.4, -0.2) is 70.5 Å². The minimum absolute atomic E-state index is 0.0264. The Morgan fingerprint density at radius 1 is 1.28 bits per heavy atom. The number of nitrogens with one attached hydrogen (secondary N) is 1. The number of ether oxygens (including phenoxy) is 2. The van der Waals surface area contributed by atoms with Crippen LogP contribution in [0.1, 0.15) is 5.82 Å².